The maximum atomic E-state index is 5.39. The molecular weight excluding hydrogens is 156 g/mol. The van der Waals surface area contributed by atoms with Crippen molar-refractivity contribution in [1.29, 1.82) is 0 Å². The van der Waals surface area contributed by atoms with Crippen LogP contribution in [-0.2, 0) is 0 Å². The maximum Gasteiger partial charge on any atom is 0.163 e. The van der Waals surface area contributed by atoms with E-state index in [1.165, 1.54) is 38.5 Å². The van der Waals surface area contributed by atoms with Gasteiger partial charge >= 0.3 is 0 Å². The zero-order chi connectivity index (χ0) is 8.10. The van der Waals surface area contributed by atoms with Crippen molar-refractivity contribution in [1.82, 2.24) is 5.32 Å². The highest BCUT2D eigenvalue weighted by atomic mass is 32.1. The first-order chi connectivity index (χ1) is 5.29. The van der Waals surface area contributed by atoms with Crippen LogP contribution in [0.3, 0.4) is 0 Å². The molecule has 0 bridgehead atoms. The van der Waals surface area contributed by atoms with Gasteiger partial charge < -0.3 is 11.1 Å². The Morgan fingerprint density at radius 3 is 2.18 bits per heavy atom. The van der Waals surface area contributed by atoms with Crippen LogP contribution >= 0.6 is 12.2 Å². The molecule has 0 radical (unpaired) electrons. The molecule has 0 saturated heterocycles. The predicted molar refractivity (Wildman–Crippen MR) is 51.4 cm³/mol. The zero-order valence-electron chi connectivity index (χ0n) is 6.81. The third-order valence-corrected chi connectivity index (χ3v) is 2.32. The summed E-state index contributed by atoms with van der Waals surface area (Å²) in [5, 5.41) is 3.59. The van der Waals surface area contributed by atoms with Crippen molar-refractivity contribution < 1.29 is 0 Å². The lowest BCUT2D eigenvalue weighted by molar-refractivity contribution is 0.534. The van der Waals surface area contributed by atoms with Crippen LogP contribution < -0.4 is 11.1 Å². The Morgan fingerprint density at radius 1 is 1.18 bits per heavy atom. The first kappa shape index (κ1) is 8.78. The van der Waals surface area contributed by atoms with Crippen molar-refractivity contribution in [3.8, 4) is 0 Å². The Hall–Kier alpha value is -0.310. The fourth-order valence-electron chi connectivity index (χ4n) is 1.62. The average Bonchev–Trinajstić information content (AvgIpc) is 2.14. The summed E-state index contributed by atoms with van der Waals surface area (Å²) in [6, 6.07) is 0.551. The molecule has 0 amide bonds. The van der Waals surface area contributed by atoms with Gasteiger partial charge in [0.1, 0.15) is 0 Å². The molecule has 0 aromatic rings. The van der Waals surface area contributed by atoms with Gasteiger partial charge in [0.15, 0.2) is 5.11 Å². The Kier molecular flexibility index (Phi) is 3.63. The van der Waals surface area contributed by atoms with E-state index in [1.807, 2.05) is 0 Å². The van der Waals surface area contributed by atoms with Gasteiger partial charge in [-0.1, -0.05) is 25.7 Å². The van der Waals surface area contributed by atoms with Crippen LogP contribution in [0.5, 0.6) is 0 Å². The van der Waals surface area contributed by atoms with E-state index in [9.17, 15) is 0 Å². The van der Waals surface area contributed by atoms with Crippen molar-refractivity contribution in [3.63, 3.8) is 0 Å². The number of rotatable bonds is 1. The molecule has 0 heterocycles. The summed E-state index contributed by atoms with van der Waals surface area (Å²) < 4.78 is 0. The molecule has 0 aromatic heterocycles. The minimum Gasteiger partial charge on any atom is -0.376 e. The zero-order valence-corrected chi connectivity index (χ0v) is 7.62. The van der Waals surface area contributed by atoms with Gasteiger partial charge in [-0.25, -0.2) is 0 Å². The second-order valence-corrected chi connectivity index (χ2v) is 3.64. The minimum atomic E-state index is 0.455. The SMILES string of the molecule is NC(=S)NC1CCCCCC1. The Balaban J connectivity index is 2.25. The van der Waals surface area contributed by atoms with Crippen molar-refractivity contribution >= 4 is 17.3 Å². The molecule has 0 unspecified atom stereocenters. The topological polar surface area (TPSA) is 38.0 Å². The highest BCUT2D eigenvalue weighted by molar-refractivity contribution is 7.80. The normalized spacial score (nSPS) is 20.7. The Labute approximate surface area is 73.5 Å². The van der Waals surface area contributed by atoms with E-state index in [2.05, 4.69) is 5.32 Å². The lowest BCUT2D eigenvalue weighted by atomic mass is 10.1. The molecule has 1 fully saturated rings. The molecule has 3 N–H and O–H groups in total. The fourth-order valence-corrected chi connectivity index (χ4v) is 1.79. The van der Waals surface area contributed by atoms with E-state index < -0.39 is 0 Å². The lowest BCUT2D eigenvalue weighted by Crippen LogP contribution is -2.37. The van der Waals surface area contributed by atoms with Crippen LogP contribution in [0.15, 0.2) is 0 Å². The number of nitrogens with two attached hydrogens (primary N) is 1. The molecule has 2 nitrogen and oxygen atoms in total. The molecule has 1 rings (SSSR count). The van der Waals surface area contributed by atoms with Crippen LogP contribution in [0.2, 0.25) is 0 Å². The van der Waals surface area contributed by atoms with Gasteiger partial charge in [0, 0.05) is 6.04 Å². The van der Waals surface area contributed by atoms with Crippen molar-refractivity contribution in [3.05, 3.63) is 0 Å². The third-order valence-electron chi connectivity index (χ3n) is 2.20. The summed E-state index contributed by atoms with van der Waals surface area (Å²) in [4.78, 5) is 0. The molecule has 64 valence electrons. The molecular formula is C8H16N2S. The summed E-state index contributed by atoms with van der Waals surface area (Å²) in [6.45, 7) is 0. The van der Waals surface area contributed by atoms with Crippen LogP contribution in [0.25, 0.3) is 0 Å². The monoisotopic (exact) mass is 172 g/mol. The van der Waals surface area contributed by atoms with Gasteiger partial charge in [-0.3, -0.25) is 0 Å². The molecule has 0 spiro atoms. The number of hydrogen-bond acceptors (Lipinski definition) is 1. The average molecular weight is 172 g/mol. The van der Waals surface area contributed by atoms with E-state index in [-0.39, 0.29) is 0 Å². The van der Waals surface area contributed by atoms with Crippen molar-refractivity contribution in [2.75, 3.05) is 0 Å². The molecule has 0 aliphatic heterocycles. The van der Waals surface area contributed by atoms with E-state index in [0.29, 0.717) is 11.2 Å². The second-order valence-electron chi connectivity index (χ2n) is 3.20. The van der Waals surface area contributed by atoms with Crippen LogP contribution in [-0.4, -0.2) is 11.2 Å². The van der Waals surface area contributed by atoms with Gasteiger partial charge in [-0.05, 0) is 25.1 Å². The summed E-state index contributed by atoms with van der Waals surface area (Å²) in [7, 11) is 0. The third kappa shape index (κ3) is 3.56. The van der Waals surface area contributed by atoms with Gasteiger partial charge in [0.05, 0.1) is 0 Å². The van der Waals surface area contributed by atoms with Crippen molar-refractivity contribution in [2.45, 2.75) is 44.6 Å². The van der Waals surface area contributed by atoms with Gasteiger partial charge in [-0.2, -0.15) is 0 Å². The van der Waals surface area contributed by atoms with E-state index in [4.69, 9.17) is 18.0 Å². The first-order valence-electron chi connectivity index (χ1n) is 4.35. The van der Waals surface area contributed by atoms with Gasteiger partial charge in [0.2, 0.25) is 0 Å². The van der Waals surface area contributed by atoms with E-state index in [1.54, 1.807) is 0 Å². The van der Waals surface area contributed by atoms with Crippen LogP contribution in [0.1, 0.15) is 38.5 Å². The number of hydrogen-bond donors (Lipinski definition) is 2. The predicted octanol–water partition coefficient (Wildman–Crippen LogP) is 1.54. The first-order valence-corrected chi connectivity index (χ1v) is 4.76. The number of thiocarbonyl (C=S) groups is 1. The molecule has 11 heavy (non-hydrogen) atoms. The number of nitrogens with one attached hydrogen (secondary N) is 1. The summed E-state index contributed by atoms with van der Waals surface area (Å²) in [5.41, 5.74) is 5.39. The Bertz CT molecular complexity index is 128. The summed E-state index contributed by atoms with van der Waals surface area (Å²) in [6.07, 6.45) is 7.85. The molecule has 0 atom stereocenters. The standard InChI is InChI=1S/C8H16N2S/c9-8(11)10-7-5-3-1-2-4-6-7/h7H,1-6H2,(H3,9,10,11). The lowest BCUT2D eigenvalue weighted by Gasteiger charge is -2.15. The molecule has 1 saturated carbocycles. The summed E-state index contributed by atoms with van der Waals surface area (Å²) in [5.74, 6) is 0. The van der Waals surface area contributed by atoms with Crippen LogP contribution in [0.4, 0.5) is 0 Å². The maximum absolute atomic E-state index is 5.39. The molecule has 0 aromatic carbocycles. The van der Waals surface area contributed by atoms with E-state index >= 15 is 0 Å². The smallest absolute Gasteiger partial charge is 0.163 e. The Morgan fingerprint density at radius 2 is 1.73 bits per heavy atom. The largest absolute Gasteiger partial charge is 0.376 e. The highest BCUT2D eigenvalue weighted by Gasteiger charge is 2.11. The quantitative estimate of drug-likeness (QED) is 0.465. The van der Waals surface area contributed by atoms with Crippen molar-refractivity contribution in [2.24, 2.45) is 5.73 Å². The molecule has 3 heteroatoms. The molecule has 1 aliphatic rings. The molecule has 1 aliphatic carbocycles. The van der Waals surface area contributed by atoms with E-state index in [0.717, 1.165) is 0 Å². The minimum absolute atomic E-state index is 0.455. The van der Waals surface area contributed by atoms with Gasteiger partial charge in [0.25, 0.3) is 0 Å². The highest BCUT2D eigenvalue weighted by Crippen LogP contribution is 2.16. The van der Waals surface area contributed by atoms with Crippen LogP contribution in [0, 0.1) is 0 Å². The fraction of sp³-hybridized carbons (Fsp3) is 0.875. The summed E-state index contributed by atoms with van der Waals surface area (Å²) >= 11 is 4.79. The van der Waals surface area contributed by atoms with Gasteiger partial charge in [-0.15, -0.1) is 0 Å². The second kappa shape index (κ2) is 4.54.